The number of benzene rings is 2. The van der Waals surface area contributed by atoms with Crippen LogP contribution in [0.2, 0.25) is 5.02 Å². The number of ether oxygens (including phenoxy) is 1. The third kappa shape index (κ3) is 5.37. The molecular formula is C21H27ClN3O2+. The summed E-state index contributed by atoms with van der Waals surface area (Å²) in [6.45, 7) is 4.89. The van der Waals surface area contributed by atoms with Crippen LogP contribution < -0.4 is 14.5 Å². The summed E-state index contributed by atoms with van der Waals surface area (Å²) in [4.78, 5) is 18.1. The lowest BCUT2D eigenvalue weighted by atomic mass is 10.2. The Hall–Kier alpha value is -2.24. The molecule has 2 aromatic rings. The number of hydrogen-bond acceptors (Lipinski definition) is 3. The number of likely N-dealkylation sites (N-methyl/N-ethyl adjacent to an activating group) is 1. The van der Waals surface area contributed by atoms with Crippen molar-refractivity contribution in [1.82, 2.24) is 4.90 Å². The average molecular weight is 389 g/mol. The van der Waals surface area contributed by atoms with Crippen molar-refractivity contribution in [3.8, 4) is 5.75 Å². The maximum atomic E-state index is 12.6. The van der Waals surface area contributed by atoms with E-state index in [0.717, 1.165) is 48.2 Å². The van der Waals surface area contributed by atoms with Crippen LogP contribution in [0.5, 0.6) is 5.75 Å². The highest BCUT2D eigenvalue weighted by Gasteiger charge is 2.24. The van der Waals surface area contributed by atoms with Crippen molar-refractivity contribution < 1.29 is 14.4 Å². The van der Waals surface area contributed by atoms with E-state index in [9.17, 15) is 4.79 Å². The van der Waals surface area contributed by atoms with Crippen molar-refractivity contribution in [2.45, 2.75) is 6.54 Å². The summed E-state index contributed by atoms with van der Waals surface area (Å²) in [7, 11) is 3.52. The van der Waals surface area contributed by atoms with Gasteiger partial charge in [-0.3, -0.25) is 4.79 Å². The normalized spacial score (nSPS) is 14.9. The number of rotatable bonds is 6. The van der Waals surface area contributed by atoms with E-state index >= 15 is 0 Å². The van der Waals surface area contributed by atoms with Crippen molar-refractivity contribution in [2.75, 3.05) is 51.8 Å². The van der Waals surface area contributed by atoms with Crippen LogP contribution in [0.1, 0.15) is 5.56 Å². The first-order chi connectivity index (χ1) is 13.0. The van der Waals surface area contributed by atoms with E-state index in [1.54, 1.807) is 12.0 Å². The molecule has 0 radical (unpaired) electrons. The number of amides is 1. The average Bonchev–Trinajstić information content (AvgIpc) is 2.68. The molecule has 0 aliphatic carbocycles. The van der Waals surface area contributed by atoms with E-state index < -0.39 is 0 Å². The summed E-state index contributed by atoms with van der Waals surface area (Å²) in [5.74, 6) is 0.986. The van der Waals surface area contributed by atoms with Crippen LogP contribution in [0.25, 0.3) is 0 Å². The van der Waals surface area contributed by atoms with Gasteiger partial charge >= 0.3 is 0 Å². The molecule has 6 heteroatoms. The Bertz CT molecular complexity index is 776. The summed E-state index contributed by atoms with van der Waals surface area (Å²) in [5.41, 5.74) is 2.23. The molecule has 3 rings (SSSR count). The molecule has 5 nitrogen and oxygen atoms in total. The molecule has 1 amide bonds. The van der Waals surface area contributed by atoms with Crippen molar-refractivity contribution in [2.24, 2.45) is 0 Å². The fourth-order valence-corrected chi connectivity index (χ4v) is 3.60. The Morgan fingerprint density at radius 1 is 1.19 bits per heavy atom. The largest absolute Gasteiger partial charge is 0.497 e. The first kappa shape index (κ1) is 19.5. The van der Waals surface area contributed by atoms with Gasteiger partial charge in [-0.05, 0) is 35.9 Å². The van der Waals surface area contributed by atoms with Gasteiger partial charge in [-0.2, -0.15) is 0 Å². The van der Waals surface area contributed by atoms with Gasteiger partial charge in [-0.1, -0.05) is 29.8 Å². The molecule has 1 heterocycles. The molecule has 0 bridgehead atoms. The molecule has 27 heavy (non-hydrogen) atoms. The Morgan fingerprint density at radius 2 is 1.93 bits per heavy atom. The Labute approximate surface area is 166 Å². The minimum Gasteiger partial charge on any atom is -0.497 e. The number of carbonyl (C=O) groups excluding carboxylic acids is 1. The van der Waals surface area contributed by atoms with E-state index in [1.807, 2.05) is 49.5 Å². The zero-order chi connectivity index (χ0) is 19.2. The molecule has 1 aliphatic heterocycles. The van der Waals surface area contributed by atoms with Crippen LogP contribution in [-0.4, -0.2) is 57.7 Å². The van der Waals surface area contributed by atoms with Gasteiger partial charge < -0.3 is 19.4 Å². The van der Waals surface area contributed by atoms with Gasteiger partial charge in [0.05, 0.1) is 33.3 Å². The first-order valence-corrected chi connectivity index (χ1v) is 9.64. The van der Waals surface area contributed by atoms with Crippen LogP contribution in [-0.2, 0) is 11.3 Å². The summed E-state index contributed by atoms with van der Waals surface area (Å²) >= 11 is 6.09. The number of piperazine rings is 1. The number of halogens is 1. The second kappa shape index (κ2) is 9.11. The van der Waals surface area contributed by atoms with Gasteiger partial charge in [0.15, 0.2) is 6.54 Å². The number of nitrogens with zero attached hydrogens (tertiary/aromatic N) is 2. The van der Waals surface area contributed by atoms with Gasteiger partial charge in [-0.25, -0.2) is 0 Å². The highest BCUT2D eigenvalue weighted by molar-refractivity contribution is 6.30. The molecule has 144 valence electrons. The summed E-state index contributed by atoms with van der Waals surface area (Å²) in [5, 5.41) is 0.761. The maximum absolute atomic E-state index is 12.6. The van der Waals surface area contributed by atoms with Gasteiger partial charge in [-0.15, -0.1) is 0 Å². The molecule has 0 atom stereocenters. The van der Waals surface area contributed by atoms with Crippen LogP contribution in [0.3, 0.4) is 0 Å². The summed E-state index contributed by atoms with van der Waals surface area (Å²) < 4.78 is 5.25. The highest BCUT2D eigenvalue weighted by Crippen LogP contribution is 2.19. The second-order valence-electron chi connectivity index (χ2n) is 7.00. The summed E-state index contributed by atoms with van der Waals surface area (Å²) in [6.07, 6.45) is 0. The Morgan fingerprint density at radius 3 is 2.63 bits per heavy atom. The van der Waals surface area contributed by atoms with Crippen LogP contribution in [0.4, 0.5) is 5.69 Å². The number of anilines is 1. The Balaban J connectivity index is 1.48. The standard InChI is InChI=1S/C21H26ClN3O2/c1-23(15-17-5-3-8-20(13-17)27-2)21(26)16-24-9-11-25(12-10-24)19-7-4-6-18(22)14-19/h3-8,13-14H,9-12,15-16H2,1-2H3/p+1. The SMILES string of the molecule is COc1cccc(CN(C)C(=O)C[NH+]2CCN(c3cccc(Cl)c3)CC2)c1. The zero-order valence-electron chi connectivity index (χ0n) is 16.0. The molecule has 0 spiro atoms. The molecular weight excluding hydrogens is 362 g/mol. The molecule has 0 saturated carbocycles. The van der Waals surface area contributed by atoms with Crippen molar-refractivity contribution in [3.05, 3.63) is 59.1 Å². The van der Waals surface area contributed by atoms with Crippen LogP contribution in [0.15, 0.2) is 48.5 Å². The zero-order valence-corrected chi connectivity index (χ0v) is 16.7. The van der Waals surface area contributed by atoms with Gasteiger partial charge in [0.2, 0.25) is 0 Å². The van der Waals surface area contributed by atoms with E-state index in [2.05, 4.69) is 11.0 Å². The third-order valence-electron chi connectivity index (χ3n) is 5.02. The van der Waals surface area contributed by atoms with Crippen LogP contribution >= 0.6 is 11.6 Å². The topological polar surface area (TPSA) is 37.2 Å². The maximum Gasteiger partial charge on any atom is 0.277 e. The number of hydrogen-bond donors (Lipinski definition) is 1. The van der Waals surface area contributed by atoms with E-state index in [0.29, 0.717) is 13.1 Å². The number of nitrogens with one attached hydrogen (secondary N) is 1. The van der Waals surface area contributed by atoms with Gasteiger partial charge in [0.25, 0.3) is 5.91 Å². The minimum atomic E-state index is 0.170. The lowest BCUT2D eigenvalue weighted by Gasteiger charge is -2.34. The van der Waals surface area contributed by atoms with Gasteiger partial charge in [0.1, 0.15) is 5.75 Å². The van der Waals surface area contributed by atoms with Crippen molar-refractivity contribution in [3.63, 3.8) is 0 Å². The first-order valence-electron chi connectivity index (χ1n) is 9.26. The molecule has 0 aromatic heterocycles. The summed E-state index contributed by atoms with van der Waals surface area (Å²) in [6, 6.07) is 15.8. The molecule has 1 N–H and O–H groups in total. The lowest BCUT2D eigenvalue weighted by molar-refractivity contribution is -0.892. The van der Waals surface area contributed by atoms with Crippen LogP contribution in [0, 0.1) is 0 Å². The second-order valence-corrected chi connectivity index (χ2v) is 7.43. The fourth-order valence-electron chi connectivity index (χ4n) is 3.41. The predicted octanol–water partition coefficient (Wildman–Crippen LogP) is 1.71. The number of methoxy groups -OCH3 is 1. The quantitative estimate of drug-likeness (QED) is 0.818. The minimum absolute atomic E-state index is 0.170. The van der Waals surface area contributed by atoms with Gasteiger partial charge in [0, 0.05) is 24.3 Å². The number of quaternary nitrogens is 1. The monoisotopic (exact) mass is 388 g/mol. The Kier molecular flexibility index (Phi) is 6.58. The molecule has 1 saturated heterocycles. The van der Waals surface area contributed by atoms with E-state index in [4.69, 9.17) is 16.3 Å². The van der Waals surface area contributed by atoms with E-state index in [1.165, 1.54) is 4.90 Å². The molecule has 1 fully saturated rings. The lowest BCUT2D eigenvalue weighted by Crippen LogP contribution is -3.15. The third-order valence-corrected chi connectivity index (χ3v) is 5.26. The molecule has 2 aromatic carbocycles. The van der Waals surface area contributed by atoms with Crippen molar-refractivity contribution in [1.29, 1.82) is 0 Å². The predicted molar refractivity (Wildman–Crippen MR) is 109 cm³/mol. The molecule has 1 aliphatic rings. The smallest absolute Gasteiger partial charge is 0.277 e. The number of carbonyl (C=O) groups is 1. The van der Waals surface area contributed by atoms with E-state index in [-0.39, 0.29) is 5.91 Å². The highest BCUT2D eigenvalue weighted by atomic mass is 35.5. The van der Waals surface area contributed by atoms with Crippen molar-refractivity contribution >= 4 is 23.2 Å². The molecule has 0 unspecified atom stereocenters. The fraction of sp³-hybridized carbons (Fsp3) is 0.381.